The van der Waals surface area contributed by atoms with Crippen molar-refractivity contribution >= 4 is 11.6 Å². The van der Waals surface area contributed by atoms with Gasteiger partial charge in [0.05, 0.1) is 0 Å². The Kier molecular flexibility index (Phi) is 8.32. The topological polar surface area (TPSA) is 0 Å². The highest BCUT2D eigenvalue weighted by Gasteiger charge is 2.33. The second kappa shape index (κ2) is 11.2. The molecule has 4 atom stereocenters. The second-order valence-electron chi connectivity index (χ2n) is 10.6. The first-order valence-electron chi connectivity index (χ1n) is 13.0. The van der Waals surface area contributed by atoms with E-state index in [2.05, 4.69) is 50.2 Å². The van der Waals surface area contributed by atoms with Gasteiger partial charge in [-0.25, -0.2) is 4.39 Å². The van der Waals surface area contributed by atoms with Crippen molar-refractivity contribution in [3.05, 3.63) is 70.2 Å². The molecule has 0 aromatic heterocycles. The third-order valence-electron chi connectivity index (χ3n) is 8.64. The average Bonchev–Trinajstić information content (AvgIpc) is 2.83. The molecular weight excluding hydrogens is 415 g/mol. The van der Waals surface area contributed by atoms with Crippen LogP contribution in [0.5, 0.6) is 0 Å². The van der Waals surface area contributed by atoms with Gasteiger partial charge in [-0.05, 0) is 65.8 Å². The molecule has 2 heteroatoms. The standard InChI is InChI=1S/C30H40ClF/c1-3-22-8-10-23(11-9-22)12-13-24-14-19-29(30(32)20-24)28-7-5-4-6-27(28)21(2)25-15-17-26(31)18-16-25/h4-7,15-18,21-24,29-30H,3,8-14,19-20H2,1-2H3/t21?,22-,23-,24?,29?,30?. The van der Waals surface area contributed by atoms with Crippen molar-refractivity contribution in [2.24, 2.45) is 17.8 Å². The molecule has 0 N–H and O–H groups in total. The van der Waals surface area contributed by atoms with E-state index in [0.717, 1.165) is 29.7 Å². The number of benzene rings is 2. The fraction of sp³-hybridized carbons (Fsp3) is 0.600. The van der Waals surface area contributed by atoms with Crippen LogP contribution in [-0.2, 0) is 0 Å². The van der Waals surface area contributed by atoms with E-state index in [1.54, 1.807) is 0 Å². The van der Waals surface area contributed by atoms with Crippen molar-refractivity contribution in [3.63, 3.8) is 0 Å². The average molecular weight is 455 g/mol. The molecular formula is C30H40ClF. The van der Waals surface area contributed by atoms with Gasteiger partial charge in [0.25, 0.3) is 0 Å². The van der Waals surface area contributed by atoms with Crippen molar-refractivity contribution in [2.75, 3.05) is 0 Å². The summed E-state index contributed by atoms with van der Waals surface area (Å²) in [4.78, 5) is 0. The van der Waals surface area contributed by atoms with Gasteiger partial charge in [-0.15, -0.1) is 0 Å². The molecule has 0 spiro atoms. The summed E-state index contributed by atoms with van der Waals surface area (Å²) >= 11 is 6.09. The smallest absolute Gasteiger partial charge is 0.107 e. The molecule has 4 rings (SSSR count). The second-order valence-corrected chi connectivity index (χ2v) is 11.0. The Hall–Kier alpha value is -1.34. The minimum absolute atomic E-state index is 0.0391. The fourth-order valence-corrected chi connectivity index (χ4v) is 6.51. The van der Waals surface area contributed by atoms with Gasteiger partial charge in [0.1, 0.15) is 6.17 Å². The molecule has 2 fully saturated rings. The van der Waals surface area contributed by atoms with E-state index in [0.29, 0.717) is 5.92 Å². The van der Waals surface area contributed by atoms with Gasteiger partial charge in [-0.2, -0.15) is 0 Å². The Morgan fingerprint density at radius 3 is 2.16 bits per heavy atom. The molecule has 0 radical (unpaired) electrons. The van der Waals surface area contributed by atoms with Crippen LogP contribution in [0.25, 0.3) is 0 Å². The van der Waals surface area contributed by atoms with Crippen molar-refractivity contribution in [1.29, 1.82) is 0 Å². The van der Waals surface area contributed by atoms with Gasteiger partial charge in [0, 0.05) is 16.9 Å². The van der Waals surface area contributed by atoms with E-state index in [4.69, 9.17) is 11.6 Å². The highest BCUT2D eigenvalue weighted by molar-refractivity contribution is 6.30. The molecule has 2 aromatic carbocycles. The van der Waals surface area contributed by atoms with Crippen LogP contribution in [0.1, 0.15) is 107 Å². The van der Waals surface area contributed by atoms with Gasteiger partial charge in [0.2, 0.25) is 0 Å². The zero-order chi connectivity index (χ0) is 22.5. The van der Waals surface area contributed by atoms with E-state index in [1.807, 2.05) is 12.1 Å². The summed E-state index contributed by atoms with van der Waals surface area (Å²) in [5.74, 6) is 2.72. The molecule has 0 nitrogen and oxygen atoms in total. The molecule has 2 aliphatic rings. The van der Waals surface area contributed by atoms with Crippen LogP contribution < -0.4 is 0 Å². The Labute approximate surface area is 200 Å². The Bertz CT molecular complexity index is 836. The summed E-state index contributed by atoms with van der Waals surface area (Å²) in [6.45, 7) is 4.56. The Morgan fingerprint density at radius 1 is 0.844 bits per heavy atom. The number of halogens is 2. The molecule has 32 heavy (non-hydrogen) atoms. The molecule has 0 heterocycles. The summed E-state index contributed by atoms with van der Waals surface area (Å²) < 4.78 is 15.5. The fourth-order valence-electron chi connectivity index (χ4n) is 6.38. The summed E-state index contributed by atoms with van der Waals surface area (Å²) in [7, 11) is 0. The van der Waals surface area contributed by atoms with Crippen molar-refractivity contribution in [2.45, 2.75) is 96.1 Å². The molecule has 0 bridgehead atoms. The maximum Gasteiger partial charge on any atom is 0.107 e. The quantitative estimate of drug-likeness (QED) is 0.390. The molecule has 174 valence electrons. The molecule has 2 aromatic rings. The van der Waals surface area contributed by atoms with E-state index in [-0.39, 0.29) is 11.8 Å². The van der Waals surface area contributed by atoms with Crippen LogP contribution in [-0.4, -0.2) is 6.17 Å². The lowest BCUT2D eigenvalue weighted by molar-refractivity contribution is 0.152. The lowest BCUT2D eigenvalue weighted by Gasteiger charge is -2.35. The van der Waals surface area contributed by atoms with E-state index >= 15 is 4.39 Å². The predicted molar refractivity (Wildman–Crippen MR) is 135 cm³/mol. The van der Waals surface area contributed by atoms with Crippen LogP contribution in [0.4, 0.5) is 4.39 Å². The number of alkyl halides is 1. The summed E-state index contributed by atoms with van der Waals surface area (Å²) in [6, 6.07) is 16.6. The third-order valence-corrected chi connectivity index (χ3v) is 8.89. The Morgan fingerprint density at radius 2 is 1.47 bits per heavy atom. The molecule has 0 saturated heterocycles. The minimum Gasteiger partial charge on any atom is -0.247 e. The molecule has 2 aliphatic carbocycles. The van der Waals surface area contributed by atoms with Gasteiger partial charge in [-0.1, -0.05) is 107 Å². The van der Waals surface area contributed by atoms with Gasteiger partial charge < -0.3 is 0 Å². The van der Waals surface area contributed by atoms with Crippen LogP contribution in [0.3, 0.4) is 0 Å². The zero-order valence-corrected chi connectivity index (χ0v) is 20.7. The summed E-state index contributed by atoms with van der Waals surface area (Å²) in [5.41, 5.74) is 3.73. The van der Waals surface area contributed by atoms with Crippen LogP contribution >= 0.6 is 11.6 Å². The zero-order valence-electron chi connectivity index (χ0n) is 19.9. The first-order valence-corrected chi connectivity index (χ1v) is 13.4. The Balaban J connectivity index is 1.36. The van der Waals surface area contributed by atoms with Gasteiger partial charge >= 0.3 is 0 Å². The lowest BCUT2D eigenvalue weighted by Crippen LogP contribution is -2.26. The SMILES string of the molecule is CC[C@H]1CC[C@H](CCC2CCC(c3ccccc3C(C)c3ccc(Cl)cc3)C(F)C2)CC1. The number of hydrogen-bond acceptors (Lipinski definition) is 0. The molecule has 0 amide bonds. The highest BCUT2D eigenvalue weighted by Crippen LogP contribution is 2.44. The summed E-state index contributed by atoms with van der Waals surface area (Å²) in [5, 5.41) is 0.759. The maximum absolute atomic E-state index is 15.5. The van der Waals surface area contributed by atoms with E-state index in [9.17, 15) is 0 Å². The number of rotatable bonds is 7. The molecule has 0 aliphatic heterocycles. The first-order chi connectivity index (χ1) is 15.5. The van der Waals surface area contributed by atoms with Crippen molar-refractivity contribution in [3.8, 4) is 0 Å². The maximum atomic E-state index is 15.5. The lowest BCUT2D eigenvalue weighted by atomic mass is 9.72. The van der Waals surface area contributed by atoms with E-state index in [1.165, 1.54) is 68.1 Å². The molecule has 4 unspecified atom stereocenters. The van der Waals surface area contributed by atoms with Gasteiger partial charge in [-0.3, -0.25) is 0 Å². The van der Waals surface area contributed by atoms with Crippen molar-refractivity contribution < 1.29 is 4.39 Å². The highest BCUT2D eigenvalue weighted by atomic mass is 35.5. The van der Waals surface area contributed by atoms with Crippen LogP contribution in [0, 0.1) is 17.8 Å². The van der Waals surface area contributed by atoms with Crippen LogP contribution in [0.15, 0.2) is 48.5 Å². The largest absolute Gasteiger partial charge is 0.247 e. The third kappa shape index (κ3) is 5.77. The van der Waals surface area contributed by atoms with E-state index < -0.39 is 6.17 Å². The predicted octanol–water partition coefficient (Wildman–Crippen LogP) is 9.71. The number of hydrogen-bond donors (Lipinski definition) is 0. The molecule has 2 saturated carbocycles. The van der Waals surface area contributed by atoms with Crippen molar-refractivity contribution in [1.82, 2.24) is 0 Å². The van der Waals surface area contributed by atoms with Crippen LogP contribution in [0.2, 0.25) is 5.02 Å². The normalized spacial score (nSPS) is 29.6. The first kappa shape index (κ1) is 23.8. The van der Waals surface area contributed by atoms with Gasteiger partial charge in [0.15, 0.2) is 0 Å². The monoisotopic (exact) mass is 454 g/mol. The minimum atomic E-state index is -0.719. The summed E-state index contributed by atoms with van der Waals surface area (Å²) in [6.07, 6.45) is 11.7.